The zero-order valence-electron chi connectivity index (χ0n) is 29.8. The number of Topliss-reactive ketones (excluding diaryl/α,β-unsaturated/α-hetero) is 1. The van der Waals surface area contributed by atoms with Crippen LogP contribution in [0.1, 0.15) is 204 Å². The number of unbranched alkanes of at least 4 members (excludes halogenated alkanes) is 2. The maximum atomic E-state index is 10.2. The van der Waals surface area contributed by atoms with Gasteiger partial charge in [-0.25, -0.2) is 0 Å². The summed E-state index contributed by atoms with van der Waals surface area (Å²) in [5.41, 5.74) is 0.500. The molecule has 0 bridgehead atoms. The van der Waals surface area contributed by atoms with Gasteiger partial charge in [-0.05, 0) is 36.5 Å². The van der Waals surface area contributed by atoms with E-state index in [-0.39, 0.29) is 7.43 Å². The smallest absolute Gasteiger partial charge is 0.129 e. The lowest BCUT2D eigenvalue weighted by molar-refractivity contribution is -0.117. The summed E-state index contributed by atoms with van der Waals surface area (Å²) in [6.07, 6.45) is 9.44. The highest BCUT2D eigenvalue weighted by atomic mass is 16.1. The van der Waals surface area contributed by atoms with Gasteiger partial charge in [-0.2, -0.15) is 0 Å². The fourth-order valence-electron chi connectivity index (χ4n) is 0.426. The predicted molar refractivity (Wildman–Crippen MR) is 181 cm³/mol. The highest BCUT2D eigenvalue weighted by Crippen LogP contribution is 2.08. The molecule has 0 aliphatic heterocycles. The Morgan fingerprint density at radius 2 is 0.778 bits per heavy atom. The number of rotatable bonds is 6. The molecule has 0 aliphatic carbocycles. The highest BCUT2D eigenvalue weighted by Gasteiger charge is 1.95. The minimum Gasteiger partial charge on any atom is -0.300 e. The molecule has 0 aromatic carbocycles. The Morgan fingerprint density at radius 1 is 0.611 bits per heavy atom. The van der Waals surface area contributed by atoms with Gasteiger partial charge < -0.3 is 4.79 Å². The normalized spacial score (nSPS) is 8.56. The average Bonchev–Trinajstić information content (AvgIpc) is 2.73. The third-order valence-corrected chi connectivity index (χ3v) is 3.02. The third-order valence-electron chi connectivity index (χ3n) is 3.02. The maximum Gasteiger partial charge on any atom is 0.129 e. The molecule has 0 aromatic heterocycles. The first-order chi connectivity index (χ1) is 15.9. The molecule has 0 spiro atoms. The summed E-state index contributed by atoms with van der Waals surface area (Å²) in [5, 5.41) is 0. The molecule has 1 nitrogen and oxygen atoms in total. The molecule has 0 N–H and O–H groups in total. The van der Waals surface area contributed by atoms with E-state index in [9.17, 15) is 4.79 Å². The molecule has 0 unspecified atom stereocenters. The van der Waals surface area contributed by atoms with Crippen LogP contribution in [0.2, 0.25) is 0 Å². The average molecular weight is 523 g/mol. The van der Waals surface area contributed by atoms with Crippen LogP contribution in [0.4, 0.5) is 0 Å². The molecule has 0 amide bonds. The van der Waals surface area contributed by atoms with Crippen molar-refractivity contribution >= 4 is 5.78 Å². The van der Waals surface area contributed by atoms with Gasteiger partial charge in [-0.3, -0.25) is 0 Å². The Morgan fingerprint density at radius 3 is 0.806 bits per heavy atom. The monoisotopic (exact) mass is 523 g/mol. The van der Waals surface area contributed by atoms with Gasteiger partial charge in [0.05, 0.1) is 0 Å². The van der Waals surface area contributed by atoms with Gasteiger partial charge in [0.25, 0.3) is 0 Å². The first kappa shape index (κ1) is 60.3. The second-order valence-electron chi connectivity index (χ2n) is 11.8. The predicted octanol–water partition coefficient (Wildman–Crippen LogP) is 14.5. The third kappa shape index (κ3) is 478. The van der Waals surface area contributed by atoms with Crippen molar-refractivity contribution in [1.82, 2.24) is 0 Å². The molecule has 0 saturated heterocycles. The topological polar surface area (TPSA) is 17.1 Å². The second kappa shape index (κ2) is 59.6. The van der Waals surface area contributed by atoms with E-state index in [0.717, 1.165) is 37.0 Å². The molecule has 232 valence electrons. The van der Waals surface area contributed by atoms with Crippen molar-refractivity contribution in [3.8, 4) is 0 Å². The fourth-order valence-corrected chi connectivity index (χ4v) is 0.426. The Balaban J connectivity index is -0.0000000336. The molecule has 0 fully saturated rings. The van der Waals surface area contributed by atoms with E-state index in [1.807, 2.05) is 13.8 Å². The van der Waals surface area contributed by atoms with Crippen molar-refractivity contribution in [3.63, 3.8) is 0 Å². The first-order valence-electron chi connectivity index (χ1n) is 15.4. The van der Waals surface area contributed by atoms with E-state index in [2.05, 4.69) is 125 Å². The lowest BCUT2D eigenvalue weighted by Gasteiger charge is -2.05. The van der Waals surface area contributed by atoms with E-state index in [0.29, 0.717) is 11.2 Å². The van der Waals surface area contributed by atoms with Gasteiger partial charge >= 0.3 is 0 Å². The fraction of sp³-hybridized carbons (Fsp3) is 0.971. The molecular formula is C35H86O. The van der Waals surface area contributed by atoms with E-state index in [1.165, 1.54) is 32.1 Å². The lowest BCUT2D eigenvalue weighted by atomic mass is 10.0. The van der Waals surface area contributed by atoms with Crippen molar-refractivity contribution < 1.29 is 4.79 Å². The van der Waals surface area contributed by atoms with Crippen molar-refractivity contribution in [2.45, 2.75) is 204 Å². The Hall–Kier alpha value is -0.330. The first-order valence-corrected chi connectivity index (χ1v) is 15.4. The summed E-state index contributed by atoms with van der Waals surface area (Å²) in [7, 11) is 0. The molecule has 0 aliphatic rings. The van der Waals surface area contributed by atoms with Crippen LogP contribution in [-0.2, 0) is 4.79 Å². The zero-order chi connectivity index (χ0) is 30.5. The Bertz CT molecular complexity index is 250. The summed E-state index contributed by atoms with van der Waals surface area (Å²) >= 11 is 0. The van der Waals surface area contributed by atoms with E-state index < -0.39 is 0 Å². The highest BCUT2D eigenvalue weighted by molar-refractivity contribution is 5.75. The maximum absolute atomic E-state index is 10.2. The number of carbonyl (C=O) groups excluding carboxylic acids is 1. The molecule has 0 heterocycles. The van der Waals surface area contributed by atoms with Crippen LogP contribution >= 0.6 is 0 Å². The molecule has 0 atom stereocenters. The summed E-state index contributed by atoms with van der Waals surface area (Å²) in [6.45, 7) is 44.9. The number of hydrogen-bond donors (Lipinski definition) is 0. The minimum absolute atomic E-state index is 0. The van der Waals surface area contributed by atoms with Crippen LogP contribution in [0.15, 0.2) is 0 Å². The van der Waals surface area contributed by atoms with Gasteiger partial charge in [-0.1, -0.05) is 184 Å². The van der Waals surface area contributed by atoms with Crippen LogP contribution in [0, 0.1) is 23.2 Å². The second-order valence-corrected chi connectivity index (χ2v) is 11.8. The molecule has 1 heteroatoms. The van der Waals surface area contributed by atoms with Crippen LogP contribution in [-0.4, -0.2) is 5.78 Å². The molecule has 0 radical (unpaired) electrons. The number of ketones is 1. The largest absolute Gasteiger partial charge is 0.300 e. The van der Waals surface area contributed by atoms with Crippen molar-refractivity contribution in [2.24, 2.45) is 23.2 Å². The van der Waals surface area contributed by atoms with Gasteiger partial charge in [0, 0.05) is 6.42 Å². The summed E-state index contributed by atoms with van der Waals surface area (Å²) in [4.78, 5) is 10.2. The molecule has 0 aromatic rings. The van der Waals surface area contributed by atoms with Crippen molar-refractivity contribution in [3.05, 3.63) is 0 Å². The summed E-state index contributed by atoms with van der Waals surface area (Å²) in [6, 6.07) is 0. The van der Waals surface area contributed by atoms with Crippen LogP contribution in [0.5, 0.6) is 0 Å². The minimum atomic E-state index is 0. The summed E-state index contributed by atoms with van der Waals surface area (Å²) < 4.78 is 0. The van der Waals surface area contributed by atoms with Gasteiger partial charge in [-0.15, -0.1) is 0 Å². The van der Waals surface area contributed by atoms with E-state index in [4.69, 9.17) is 0 Å². The van der Waals surface area contributed by atoms with Crippen LogP contribution < -0.4 is 0 Å². The summed E-state index contributed by atoms with van der Waals surface area (Å²) in [5.74, 6) is 2.91. The van der Waals surface area contributed by atoms with Crippen LogP contribution in [0.25, 0.3) is 0 Å². The quantitative estimate of drug-likeness (QED) is 0.339. The number of carbonyl (C=O) groups is 1. The Labute approximate surface area is 237 Å². The van der Waals surface area contributed by atoms with Crippen molar-refractivity contribution in [1.29, 1.82) is 0 Å². The molecule has 0 rings (SSSR count). The van der Waals surface area contributed by atoms with Crippen LogP contribution in [0.3, 0.4) is 0 Å². The van der Waals surface area contributed by atoms with E-state index in [1.54, 1.807) is 6.92 Å². The lowest BCUT2D eigenvalue weighted by Crippen LogP contribution is -1.93. The molecule has 0 saturated carbocycles. The van der Waals surface area contributed by atoms with E-state index >= 15 is 0 Å². The SMILES string of the molecule is C.CC.CC(C)(C)C.CC(C)C.CCC.CCC(C)C.CCC(C)C.CCCC.CCCCC(C)=O. The van der Waals surface area contributed by atoms with Gasteiger partial charge in [0.1, 0.15) is 5.78 Å². The van der Waals surface area contributed by atoms with Crippen molar-refractivity contribution in [2.75, 3.05) is 0 Å². The number of hydrogen-bond acceptors (Lipinski definition) is 1. The van der Waals surface area contributed by atoms with Gasteiger partial charge in [0.15, 0.2) is 0 Å². The molecular weight excluding hydrogens is 436 g/mol. The molecule has 36 heavy (non-hydrogen) atoms. The van der Waals surface area contributed by atoms with Gasteiger partial charge in [0.2, 0.25) is 0 Å². The Kier molecular flexibility index (Phi) is 99.9. The standard InChI is InChI=1S/C6H12O.3C5H12.2C4H10.C3H8.C2H6.CH4/c1-3-4-5-6(2)7;1-5(2,3)4;2*1-4-5(2)3;1-4(2)3;1-3-4-2;1-3-2;1-2;/h3-5H2,1-2H3;1-4H3;2*5H,4H2,1-3H3;4H,1-3H3;3-4H2,1-2H3;3H2,1-2H3;1-2H3;1H4. The zero-order valence-corrected chi connectivity index (χ0v) is 29.8.